The summed E-state index contributed by atoms with van der Waals surface area (Å²) in [5, 5.41) is 6.90. The summed E-state index contributed by atoms with van der Waals surface area (Å²) < 4.78 is 11.3. The van der Waals surface area contributed by atoms with E-state index in [9.17, 15) is 0 Å². The molecule has 5 nitrogen and oxygen atoms in total. The molecule has 1 aliphatic heterocycles. The monoisotopic (exact) mass is 375 g/mol. The molecule has 0 amide bonds. The summed E-state index contributed by atoms with van der Waals surface area (Å²) in [4.78, 5) is 4.96. The molecule has 0 atom stereocenters. The third-order valence-electron chi connectivity index (χ3n) is 6.04. The molecule has 0 unspecified atom stereocenters. The van der Waals surface area contributed by atoms with Gasteiger partial charge in [-0.05, 0) is 25.3 Å². The van der Waals surface area contributed by atoms with Gasteiger partial charge >= 0.3 is 0 Å². The zero-order chi connectivity index (χ0) is 19.6. The molecule has 0 radical (unpaired) electrons. The second-order valence-electron chi connectivity index (χ2n) is 7.40. The van der Waals surface area contributed by atoms with Crippen LogP contribution in [0.4, 0.5) is 0 Å². The van der Waals surface area contributed by atoms with Gasteiger partial charge in [-0.3, -0.25) is 4.99 Å². The van der Waals surface area contributed by atoms with Crippen molar-refractivity contribution in [3.8, 4) is 0 Å². The molecule has 1 aliphatic rings. The van der Waals surface area contributed by atoms with Crippen molar-refractivity contribution in [3.63, 3.8) is 0 Å². The molecule has 0 aliphatic carbocycles. The predicted molar refractivity (Wildman–Crippen MR) is 112 cm³/mol. The number of hydrogen-bond donors (Lipinski definition) is 2. The van der Waals surface area contributed by atoms with E-state index in [1.807, 2.05) is 0 Å². The van der Waals surface area contributed by atoms with Crippen LogP contribution in [0.5, 0.6) is 0 Å². The lowest BCUT2D eigenvalue weighted by Crippen LogP contribution is -2.51. The number of guanidine groups is 1. The Morgan fingerprint density at radius 3 is 2.33 bits per heavy atom. The highest BCUT2D eigenvalue weighted by Gasteiger charge is 2.33. The zero-order valence-electron chi connectivity index (χ0n) is 17.5. The summed E-state index contributed by atoms with van der Waals surface area (Å²) in [7, 11) is 1.80. The second-order valence-corrected chi connectivity index (χ2v) is 7.40. The van der Waals surface area contributed by atoms with Crippen LogP contribution in [0.1, 0.15) is 52.0 Å². The minimum absolute atomic E-state index is 0.0707. The number of methoxy groups -OCH3 is 1. The van der Waals surface area contributed by atoms with Crippen molar-refractivity contribution >= 4 is 5.96 Å². The number of aliphatic imine (C=N–C) groups is 1. The van der Waals surface area contributed by atoms with Gasteiger partial charge in [-0.25, -0.2) is 0 Å². The first-order valence-corrected chi connectivity index (χ1v) is 10.3. The molecule has 1 heterocycles. The third kappa shape index (κ3) is 5.69. The van der Waals surface area contributed by atoms with Crippen molar-refractivity contribution in [1.29, 1.82) is 0 Å². The molecular formula is C22H37N3O2. The van der Waals surface area contributed by atoms with Crippen molar-refractivity contribution in [2.24, 2.45) is 4.99 Å². The van der Waals surface area contributed by atoms with Gasteiger partial charge in [0, 0.05) is 51.7 Å². The molecule has 0 bridgehead atoms. The van der Waals surface area contributed by atoms with Crippen molar-refractivity contribution in [2.75, 3.05) is 40.0 Å². The second kappa shape index (κ2) is 10.7. The lowest BCUT2D eigenvalue weighted by Gasteiger charge is -2.36. The Morgan fingerprint density at radius 1 is 1.11 bits per heavy atom. The smallest absolute Gasteiger partial charge is 0.191 e. The number of nitrogens with zero attached hydrogens (tertiary/aromatic N) is 1. The Morgan fingerprint density at radius 2 is 1.78 bits per heavy atom. The molecule has 1 aromatic rings. The van der Waals surface area contributed by atoms with Gasteiger partial charge in [0.15, 0.2) is 5.96 Å². The maximum atomic E-state index is 5.84. The Bertz CT molecular complexity index is 564. The molecule has 1 aromatic carbocycles. The fourth-order valence-corrected chi connectivity index (χ4v) is 3.78. The first-order valence-electron chi connectivity index (χ1n) is 10.3. The van der Waals surface area contributed by atoms with Crippen molar-refractivity contribution in [1.82, 2.24) is 10.6 Å². The third-order valence-corrected chi connectivity index (χ3v) is 6.04. The van der Waals surface area contributed by atoms with Crippen LogP contribution in [-0.4, -0.2) is 51.5 Å². The van der Waals surface area contributed by atoms with E-state index in [0.717, 1.165) is 64.5 Å². The van der Waals surface area contributed by atoms with Gasteiger partial charge in [0.25, 0.3) is 0 Å². The number of rotatable bonds is 9. The largest absolute Gasteiger partial charge is 0.381 e. The molecule has 0 saturated carbocycles. The molecule has 0 spiro atoms. The summed E-state index contributed by atoms with van der Waals surface area (Å²) in [6.45, 7) is 10.5. The van der Waals surface area contributed by atoms with E-state index in [-0.39, 0.29) is 11.0 Å². The molecular weight excluding hydrogens is 338 g/mol. The van der Waals surface area contributed by atoms with Gasteiger partial charge < -0.3 is 20.1 Å². The Kier molecular flexibility index (Phi) is 8.58. The normalized spacial score (nSPS) is 17.6. The van der Waals surface area contributed by atoms with E-state index < -0.39 is 0 Å². The average Bonchev–Trinajstić information content (AvgIpc) is 2.74. The molecule has 152 valence electrons. The van der Waals surface area contributed by atoms with E-state index in [4.69, 9.17) is 14.5 Å². The number of benzene rings is 1. The molecule has 1 fully saturated rings. The lowest BCUT2D eigenvalue weighted by molar-refractivity contribution is -0.0855. The van der Waals surface area contributed by atoms with Crippen LogP contribution in [0.2, 0.25) is 0 Å². The van der Waals surface area contributed by atoms with E-state index in [1.54, 1.807) is 7.11 Å². The molecule has 2 rings (SSSR count). The van der Waals surface area contributed by atoms with Gasteiger partial charge in [-0.2, -0.15) is 0 Å². The van der Waals surface area contributed by atoms with Crippen LogP contribution in [0.3, 0.4) is 0 Å². The van der Waals surface area contributed by atoms with Crippen LogP contribution in [0.25, 0.3) is 0 Å². The summed E-state index contributed by atoms with van der Waals surface area (Å²) in [6, 6.07) is 10.8. The Hall–Kier alpha value is -1.59. The summed E-state index contributed by atoms with van der Waals surface area (Å²) in [5.74, 6) is 0.864. The first kappa shape index (κ1) is 21.7. The van der Waals surface area contributed by atoms with E-state index >= 15 is 0 Å². The number of hydrogen-bond acceptors (Lipinski definition) is 3. The van der Waals surface area contributed by atoms with Crippen LogP contribution in [-0.2, 0) is 14.9 Å². The van der Waals surface area contributed by atoms with Gasteiger partial charge in [-0.1, -0.05) is 44.2 Å². The lowest BCUT2D eigenvalue weighted by atomic mass is 9.76. The van der Waals surface area contributed by atoms with E-state index in [2.05, 4.69) is 61.7 Å². The standard InChI is InChI=1S/C22H37N3O2/c1-5-21(6-2,19-11-9-8-10-12-19)17-24-20(23-7-3)25-18-22(26-4)13-15-27-16-14-22/h8-12H,5-7,13-18H2,1-4H3,(H2,23,24,25). The Labute approximate surface area is 164 Å². The van der Waals surface area contributed by atoms with Gasteiger partial charge in [0.1, 0.15) is 0 Å². The SMILES string of the molecule is CCNC(=NCC(CC)(CC)c1ccccc1)NCC1(OC)CCOCC1. The van der Waals surface area contributed by atoms with Crippen LogP contribution >= 0.6 is 0 Å². The van der Waals surface area contributed by atoms with E-state index in [0.29, 0.717) is 0 Å². The fraction of sp³-hybridized carbons (Fsp3) is 0.682. The highest BCUT2D eigenvalue weighted by atomic mass is 16.5. The molecule has 2 N–H and O–H groups in total. The number of nitrogens with one attached hydrogen (secondary N) is 2. The number of ether oxygens (including phenoxy) is 2. The maximum Gasteiger partial charge on any atom is 0.191 e. The zero-order valence-corrected chi connectivity index (χ0v) is 17.5. The molecule has 5 heteroatoms. The topological polar surface area (TPSA) is 54.9 Å². The minimum Gasteiger partial charge on any atom is -0.381 e. The van der Waals surface area contributed by atoms with E-state index in [1.165, 1.54) is 5.56 Å². The quantitative estimate of drug-likeness (QED) is 0.512. The van der Waals surface area contributed by atoms with Gasteiger partial charge in [-0.15, -0.1) is 0 Å². The summed E-state index contributed by atoms with van der Waals surface area (Å²) in [6.07, 6.45) is 3.95. The van der Waals surface area contributed by atoms with Gasteiger partial charge in [0.2, 0.25) is 0 Å². The van der Waals surface area contributed by atoms with Gasteiger partial charge in [0.05, 0.1) is 12.1 Å². The minimum atomic E-state index is -0.166. The molecule has 0 aromatic heterocycles. The highest BCUT2D eigenvalue weighted by Crippen LogP contribution is 2.32. The van der Waals surface area contributed by atoms with Crippen LogP contribution < -0.4 is 10.6 Å². The fourth-order valence-electron chi connectivity index (χ4n) is 3.78. The molecule has 1 saturated heterocycles. The van der Waals surface area contributed by atoms with Crippen molar-refractivity contribution in [3.05, 3.63) is 35.9 Å². The van der Waals surface area contributed by atoms with Crippen LogP contribution in [0, 0.1) is 0 Å². The highest BCUT2D eigenvalue weighted by molar-refractivity contribution is 5.79. The average molecular weight is 376 g/mol. The molecule has 27 heavy (non-hydrogen) atoms. The summed E-state index contributed by atoms with van der Waals surface area (Å²) >= 11 is 0. The Balaban J connectivity index is 2.10. The van der Waals surface area contributed by atoms with Crippen molar-refractivity contribution < 1.29 is 9.47 Å². The van der Waals surface area contributed by atoms with Crippen LogP contribution in [0.15, 0.2) is 35.3 Å². The first-order chi connectivity index (χ1) is 13.1. The summed E-state index contributed by atoms with van der Waals surface area (Å²) in [5.41, 5.74) is 1.27. The maximum absolute atomic E-state index is 5.84. The predicted octanol–water partition coefficient (Wildman–Crippen LogP) is 3.50. The van der Waals surface area contributed by atoms with Crippen molar-refractivity contribution in [2.45, 2.75) is 57.5 Å².